The van der Waals surface area contributed by atoms with E-state index in [2.05, 4.69) is 15.0 Å². The lowest BCUT2D eigenvalue weighted by Gasteiger charge is -2.03. The van der Waals surface area contributed by atoms with E-state index >= 15 is 0 Å². The van der Waals surface area contributed by atoms with Gasteiger partial charge in [0.2, 0.25) is 0 Å². The van der Waals surface area contributed by atoms with Gasteiger partial charge >= 0.3 is 6.09 Å². The van der Waals surface area contributed by atoms with Gasteiger partial charge in [-0.1, -0.05) is 23.2 Å². The summed E-state index contributed by atoms with van der Waals surface area (Å²) < 4.78 is 4.37. The topological polar surface area (TPSA) is 51.2 Å². The van der Waals surface area contributed by atoms with Crippen LogP contribution in [0.1, 0.15) is 0 Å². The van der Waals surface area contributed by atoms with Crippen molar-refractivity contribution in [3.8, 4) is 0 Å². The molecule has 4 nitrogen and oxygen atoms in total. The van der Waals surface area contributed by atoms with Crippen molar-refractivity contribution >= 4 is 35.0 Å². The van der Waals surface area contributed by atoms with Crippen LogP contribution in [0, 0.1) is 0 Å². The molecule has 1 aromatic heterocycles. The highest BCUT2D eigenvalue weighted by Crippen LogP contribution is 2.22. The SMILES string of the molecule is COC(=O)Nc1cnc(Cl)c(Cl)c1. The molecule has 0 saturated carbocycles. The Balaban J connectivity index is 2.79. The quantitative estimate of drug-likeness (QED) is 0.741. The Morgan fingerprint density at radius 3 is 2.85 bits per heavy atom. The minimum Gasteiger partial charge on any atom is -0.453 e. The lowest BCUT2D eigenvalue weighted by Crippen LogP contribution is -2.10. The van der Waals surface area contributed by atoms with E-state index in [9.17, 15) is 4.79 Å². The predicted octanol–water partition coefficient (Wildman–Crippen LogP) is 2.57. The van der Waals surface area contributed by atoms with Crippen molar-refractivity contribution in [2.24, 2.45) is 0 Å². The van der Waals surface area contributed by atoms with Crippen molar-refractivity contribution in [2.75, 3.05) is 12.4 Å². The molecule has 1 aromatic rings. The van der Waals surface area contributed by atoms with E-state index in [0.717, 1.165) is 0 Å². The van der Waals surface area contributed by atoms with Gasteiger partial charge in [-0.05, 0) is 6.07 Å². The standard InChI is InChI=1S/C7H6Cl2N2O2/c1-13-7(12)11-4-2-5(8)6(9)10-3-4/h2-3H,1H3,(H,11,12). The second kappa shape index (κ2) is 4.30. The van der Waals surface area contributed by atoms with E-state index in [0.29, 0.717) is 5.69 Å². The monoisotopic (exact) mass is 220 g/mol. The molecule has 1 amide bonds. The molecule has 0 aliphatic rings. The predicted molar refractivity (Wildman–Crippen MR) is 50.3 cm³/mol. The molecule has 0 fully saturated rings. The van der Waals surface area contributed by atoms with Gasteiger partial charge in [-0.25, -0.2) is 9.78 Å². The number of pyridine rings is 1. The summed E-state index contributed by atoms with van der Waals surface area (Å²) in [6, 6.07) is 1.48. The molecule has 0 atom stereocenters. The van der Waals surface area contributed by atoms with Crippen molar-refractivity contribution in [2.45, 2.75) is 0 Å². The Morgan fingerprint density at radius 2 is 2.31 bits per heavy atom. The van der Waals surface area contributed by atoms with Crippen LogP contribution in [-0.2, 0) is 4.74 Å². The molecule has 1 N–H and O–H groups in total. The van der Waals surface area contributed by atoms with Gasteiger partial charge in [0.1, 0.15) is 5.15 Å². The second-order valence-corrected chi connectivity index (χ2v) is 2.88. The molecule has 0 unspecified atom stereocenters. The number of nitrogens with zero attached hydrogens (tertiary/aromatic N) is 1. The van der Waals surface area contributed by atoms with Crippen molar-refractivity contribution in [1.82, 2.24) is 4.98 Å². The molecule has 0 radical (unpaired) electrons. The second-order valence-electron chi connectivity index (χ2n) is 2.11. The third-order valence-electron chi connectivity index (χ3n) is 1.23. The van der Waals surface area contributed by atoms with Gasteiger partial charge in [-0.2, -0.15) is 0 Å². The summed E-state index contributed by atoms with van der Waals surface area (Å²) in [5, 5.41) is 2.86. The van der Waals surface area contributed by atoms with E-state index in [4.69, 9.17) is 23.2 Å². The molecule has 0 bridgehead atoms. The average molecular weight is 221 g/mol. The number of carbonyl (C=O) groups excluding carboxylic acids is 1. The lowest BCUT2D eigenvalue weighted by molar-refractivity contribution is 0.187. The Bertz CT molecular complexity index is 330. The third kappa shape index (κ3) is 2.75. The zero-order valence-corrected chi connectivity index (χ0v) is 8.19. The van der Waals surface area contributed by atoms with Crippen LogP contribution in [0.2, 0.25) is 10.2 Å². The summed E-state index contributed by atoms with van der Waals surface area (Å²) in [6.07, 6.45) is 0.797. The van der Waals surface area contributed by atoms with Crippen LogP contribution in [0.4, 0.5) is 10.5 Å². The maximum Gasteiger partial charge on any atom is 0.411 e. The molecule has 0 spiro atoms. The molecule has 6 heteroatoms. The van der Waals surface area contributed by atoms with Crippen LogP contribution in [0.15, 0.2) is 12.3 Å². The average Bonchev–Trinajstić information content (AvgIpc) is 2.11. The fourth-order valence-corrected chi connectivity index (χ4v) is 0.928. The zero-order chi connectivity index (χ0) is 9.84. The van der Waals surface area contributed by atoms with Gasteiger partial charge in [0, 0.05) is 0 Å². The highest BCUT2D eigenvalue weighted by Gasteiger charge is 2.03. The summed E-state index contributed by atoms with van der Waals surface area (Å²) in [5.74, 6) is 0. The van der Waals surface area contributed by atoms with Crippen LogP contribution in [0.25, 0.3) is 0 Å². The van der Waals surface area contributed by atoms with E-state index < -0.39 is 6.09 Å². The summed E-state index contributed by atoms with van der Waals surface area (Å²) in [4.78, 5) is 14.5. The Labute approximate surface area is 84.8 Å². The smallest absolute Gasteiger partial charge is 0.411 e. The fraction of sp³-hybridized carbons (Fsp3) is 0.143. The number of amides is 1. The molecular formula is C7H6Cl2N2O2. The maximum atomic E-state index is 10.7. The van der Waals surface area contributed by atoms with E-state index in [1.165, 1.54) is 19.4 Å². The van der Waals surface area contributed by atoms with Gasteiger partial charge in [0.25, 0.3) is 0 Å². The molecule has 1 heterocycles. The van der Waals surface area contributed by atoms with Crippen molar-refractivity contribution in [3.63, 3.8) is 0 Å². The van der Waals surface area contributed by atoms with Crippen LogP contribution >= 0.6 is 23.2 Å². The maximum absolute atomic E-state index is 10.7. The van der Waals surface area contributed by atoms with E-state index in [-0.39, 0.29) is 10.2 Å². The number of hydrogen-bond donors (Lipinski definition) is 1. The van der Waals surface area contributed by atoms with Gasteiger partial charge in [-0.15, -0.1) is 0 Å². The van der Waals surface area contributed by atoms with Gasteiger partial charge in [0.05, 0.1) is 24.0 Å². The first-order valence-corrected chi connectivity index (χ1v) is 4.05. The van der Waals surface area contributed by atoms with Gasteiger partial charge in [-0.3, -0.25) is 5.32 Å². The molecule has 0 aliphatic carbocycles. The number of hydrogen-bond acceptors (Lipinski definition) is 3. The number of anilines is 1. The van der Waals surface area contributed by atoms with Crippen LogP contribution in [0.3, 0.4) is 0 Å². The number of aromatic nitrogens is 1. The van der Waals surface area contributed by atoms with E-state index in [1.54, 1.807) is 0 Å². The van der Waals surface area contributed by atoms with Crippen LogP contribution in [0.5, 0.6) is 0 Å². The molecular weight excluding hydrogens is 215 g/mol. The number of methoxy groups -OCH3 is 1. The first-order chi connectivity index (χ1) is 6.13. The Hall–Kier alpha value is -1.000. The zero-order valence-electron chi connectivity index (χ0n) is 6.67. The Kier molecular flexibility index (Phi) is 3.33. The minimum absolute atomic E-state index is 0.192. The normalized spacial score (nSPS) is 9.46. The first kappa shape index (κ1) is 10.1. The van der Waals surface area contributed by atoms with Gasteiger partial charge in [0.15, 0.2) is 0 Å². The Morgan fingerprint density at radius 1 is 1.62 bits per heavy atom. The lowest BCUT2D eigenvalue weighted by atomic mass is 10.4. The van der Waals surface area contributed by atoms with Crippen molar-refractivity contribution in [3.05, 3.63) is 22.4 Å². The largest absolute Gasteiger partial charge is 0.453 e. The number of rotatable bonds is 1. The summed E-state index contributed by atoms with van der Waals surface area (Å²) in [6.45, 7) is 0. The summed E-state index contributed by atoms with van der Waals surface area (Å²) in [7, 11) is 1.26. The minimum atomic E-state index is -0.583. The van der Waals surface area contributed by atoms with Crippen LogP contribution in [-0.4, -0.2) is 18.2 Å². The number of halogens is 2. The fourth-order valence-electron chi connectivity index (χ4n) is 0.658. The molecule has 0 aliphatic heterocycles. The summed E-state index contributed by atoms with van der Waals surface area (Å²) >= 11 is 11.2. The third-order valence-corrected chi connectivity index (χ3v) is 1.91. The molecule has 70 valence electrons. The molecule has 1 rings (SSSR count). The van der Waals surface area contributed by atoms with Crippen LogP contribution < -0.4 is 5.32 Å². The molecule has 13 heavy (non-hydrogen) atoms. The number of carbonyl (C=O) groups is 1. The molecule has 0 aromatic carbocycles. The highest BCUT2D eigenvalue weighted by atomic mass is 35.5. The molecule has 0 saturated heterocycles. The summed E-state index contributed by atoms with van der Waals surface area (Å²) in [5.41, 5.74) is 0.432. The van der Waals surface area contributed by atoms with E-state index in [1.807, 2.05) is 0 Å². The highest BCUT2D eigenvalue weighted by molar-refractivity contribution is 6.41. The number of ether oxygens (including phenoxy) is 1. The number of nitrogens with one attached hydrogen (secondary N) is 1. The van der Waals surface area contributed by atoms with Crippen molar-refractivity contribution < 1.29 is 9.53 Å². The van der Waals surface area contributed by atoms with Crippen molar-refractivity contribution in [1.29, 1.82) is 0 Å². The first-order valence-electron chi connectivity index (χ1n) is 3.29. The van der Waals surface area contributed by atoms with Gasteiger partial charge < -0.3 is 4.74 Å².